The van der Waals surface area contributed by atoms with Gasteiger partial charge in [-0.25, -0.2) is 0 Å². The third kappa shape index (κ3) is 3.49. The lowest BCUT2D eigenvalue weighted by atomic mass is 10.1. The molecule has 94 valence electrons. The normalized spacial score (nSPS) is 8.60. The van der Waals surface area contributed by atoms with Crippen LogP contribution in [0.2, 0.25) is 0 Å². The molecule has 0 saturated carbocycles. The summed E-state index contributed by atoms with van der Waals surface area (Å²) in [6.07, 6.45) is 9.36. The lowest BCUT2D eigenvalue weighted by Crippen LogP contribution is -1.89. The molecule has 0 aromatic carbocycles. The second-order valence-electron chi connectivity index (χ2n) is 3.91. The van der Waals surface area contributed by atoms with E-state index < -0.39 is 0 Å². The molecule has 0 bridgehead atoms. The Hall–Kier alpha value is -3.02. The lowest BCUT2D eigenvalue weighted by molar-refractivity contribution is 1.24. The largest absolute Gasteiger partial charge is 0.255 e. The predicted molar refractivity (Wildman–Crippen MR) is 80.3 cm³/mol. The van der Waals surface area contributed by atoms with Crippen LogP contribution in [-0.2, 0) is 0 Å². The minimum absolute atomic E-state index is 0.568. The molecule has 2 aromatic rings. The number of nitrogens with zero attached hydrogens (tertiary/aromatic N) is 2. The predicted octanol–water partition coefficient (Wildman–Crippen LogP) is 2.89. The standard InChI is InChI=1S/C18H12N2/c1-3-5-6-7-8-16-10-12-20-18(14-16)17-13-15(4-2)9-11-19-17/h2,9-14H,6H2,1H3. The van der Waals surface area contributed by atoms with E-state index in [0.717, 1.165) is 22.5 Å². The van der Waals surface area contributed by atoms with Crippen molar-refractivity contribution in [3.63, 3.8) is 0 Å². The molecule has 0 saturated heterocycles. The molecular weight excluding hydrogens is 244 g/mol. The highest BCUT2D eigenvalue weighted by Gasteiger charge is 2.02. The van der Waals surface area contributed by atoms with E-state index in [-0.39, 0.29) is 0 Å². The van der Waals surface area contributed by atoms with Crippen LogP contribution in [0.3, 0.4) is 0 Å². The van der Waals surface area contributed by atoms with E-state index in [9.17, 15) is 0 Å². The van der Waals surface area contributed by atoms with Crippen LogP contribution in [0.1, 0.15) is 24.5 Å². The van der Waals surface area contributed by atoms with Crippen LogP contribution in [0.25, 0.3) is 11.4 Å². The molecule has 0 amide bonds. The Balaban J connectivity index is 2.30. The summed E-state index contributed by atoms with van der Waals surface area (Å²) in [4.78, 5) is 8.58. The SMILES string of the molecule is C#Cc1ccnc(-c2cc(C#CCC#CC)ccn2)c1. The Labute approximate surface area is 119 Å². The van der Waals surface area contributed by atoms with Gasteiger partial charge in [0.2, 0.25) is 0 Å². The minimum atomic E-state index is 0.568. The van der Waals surface area contributed by atoms with Crippen molar-refractivity contribution in [3.8, 4) is 47.4 Å². The molecule has 2 heterocycles. The number of hydrogen-bond donors (Lipinski definition) is 0. The summed E-state index contributed by atoms with van der Waals surface area (Å²) < 4.78 is 0. The first-order chi connectivity index (χ1) is 9.83. The third-order valence-electron chi connectivity index (χ3n) is 2.54. The number of aromatic nitrogens is 2. The highest BCUT2D eigenvalue weighted by molar-refractivity contribution is 5.58. The van der Waals surface area contributed by atoms with Gasteiger partial charge < -0.3 is 0 Å². The first kappa shape index (κ1) is 13.4. The maximum Gasteiger partial charge on any atom is 0.0898 e. The molecule has 2 nitrogen and oxygen atoms in total. The maximum atomic E-state index is 5.39. The molecule has 2 rings (SSSR count). The van der Waals surface area contributed by atoms with Crippen LogP contribution in [-0.4, -0.2) is 9.97 Å². The summed E-state index contributed by atoms with van der Waals surface area (Å²) >= 11 is 0. The van der Waals surface area contributed by atoms with Crippen molar-refractivity contribution in [1.82, 2.24) is 9.97 Å². The van der Waals surface area contributed by atoms with Gasteiger partial charge in [-0.3, -0.25) is 9.97 Å². The van der Waals surface area contributed by atoms with Crippen LogP contribution >= 0.6 is 0 Å². The van der Waals surface area contributed by atoms with E-state index in [2.05, 4.69) is 39.6 Å². The molecule has 0 spiro atoms. The number of rotatable bonds is 1. The van der Waals surface area contributed by atoms with Gasteiger partial charge >= 0.3 is 0 Å². The van der Waals surface area contributed by atoms with Gasteiger partial charge in [-0.15, -0.1) is 12.3 Å². The topological polar surface area (TPSA) is 25.8 Å². The van der Waals surface area contributed by atoms with Crippen LogP contribution in [0.15, 0.2) is 36.7 Å². The van der Waals surface area contributed by atoms with Crippen LogP contribution < -0.4 is 0 Å². The maximum absolute atomic E-state index is 5.39. The molecular formula is C18H12N2. The van der Waals surface area contributed by atoms with Gasteiger partial charge in [0.05, 0.1) is 17.8 Å². The summed E-state index contributed by atoms with van der Waals surface area (Å²) in [5.41, 5.74) is 3.18. The summed E-state index contributed by atoms with van der Waals surface area (Å²) in [5, 5.41) is 0. The highest BCUT2D eigenvalue weighted by Crippen LogP contribution is 2.15. The highest BCUT2D eigenvalue weighted by atomic mass is 14.8. The average Bonchev–Trinajstić information content (AvgIpc) is 2.52. The van der Waals surface area contributed by atoms with E-state index in [0.29, 0.717) is 6.42 Å². The zero-order chi connectivity index (χ0) is 14.2. The van der Waals surface area contributed by atoms with E-state index in [1.54, 1.807) is 25.4 Å². The fourth-order valence-corrected chi connectivity index (χ4v) is 1.59. The van der Waals surface area contributed by atoms with Crippen molar-refractivity contribution in [3.05, 3.63) is 47.8 Å². The number of pyridine rings is 2. The number of terminal acetylenes is 1. The molecule has 0 atom stereocenters. The van der Waals surface area contributed by atoms with Crippen LogP contribution in [0.4, 0.5) is 0 Å². The quantitative estimate of drug-likeness (QED) is 0.733. The van der Waals surface area contributed by atoms with Gasteiger partial charge in [0, 0.05) is 23.5 Å². The zero-order valence-corrected chi connectivity index (χ0v) is 11.1. The van der Waals surface area contributed by atoms with Gasteiger partial charge in [0.1, 0.15) is 0 Å². The second-order valence-corrected chi connectivity index (χ2v) is 3.91. The van der Waals surface area contributed by atoms with Crippen molar-refractivity contribution < 1.29 is 0 Å². The summed E-state index contributed by atoms with van der Waals surface area (Å²) in [7, 11) is 0. The molecule has 0 unspecified atom stereocenters. The van der Waals surface area contributed by atoms with Gasteiger partial charge in [-0.2, -0.15) is 0 Å². The lowest BCUT2D eigenvalue weighted by Gasteiger charge is -2.00. The second kappa shape index (κ2) is 6.79. The van der Waals surface area contributed by atoms with Gasteiger partial charge in [-0.05, 0) is 31.2 Å². The monoisotopic (exact) mass is 256 g/mol. The van der Waals surface area contributed by atoms with Gasteiger partial charge in [0.15, 0.2) is 0 Å². The van der Waals surface area contributed by atoms with Crippen molar-refractivity contribution in [2.75, 3.05) is 0 Å². The van der Waals surface area contributed by atoms with Crippen molar-refractivity contribution >= 4 is 0 Å². The molecule has 0 aliphatic heterocycles. The van der Waals surface area contributed by atoms with E-state index >= 15 is 0 Å². The first-order valence-corrected chi connectivity index (χ1v) is 6.11. The van der Waals surface area contributed by atoms with Crippen LogP contribution in [0.5, 0.6) is 0 Å². The van der Waals surface area contributed by atoms with Crippen LogP contribution in [0, 0.1) is 36.0 Å². The Morgan fingerprint density at radius 2 is 1.65 bits per heavy atom. The van der Waals surface area contributed by atoms with E-state index in [1.807, 2.05) is 18.2 Å². The van der Waals surface area contributed by atoms with E-state index in [1.165, 1.54) is 0 Å². The minimum Gasteiger partial charge on any atom is -0.255 e. The summed E-state index contributed by atoms with van der Waals surface area (Å²) in [6, 6.07) is 7.38. The Morgan fingerprint density at radius 1 is 1.00 bits per heavy atom. The van der Waals surface area contributed by atoms with Crippen molar-refractivity contribution in [2.24, 2.45) is 0 Å². The Bertz CT molecular complexity index is 775. The smallest absolute Gasteiger partial charge is 0.0898 e. The van der Waals surface area contributed by atoms with Gasteiger partial charge in [0.25, 0.3) is 0 Å². The van der Waals surface area contributed by atoms with Crippen molar-refractivity contribution in [1.29, 1.82) is 0 Å². The average molecular weight is 256 g/mol. The molecule has 0 aliphatic carbocycles. The molecule has 0 radical (unpaired) electrons. The molecule has 0 fully saturated rings. The Morgan fingerprint density at radius 3 is 2.30 bits per heavy atom. The third-order valence-corrected chi connectivity index (χ3v) is 2.54. The molecule has 2 heteroatoms. The Kier molecular flexibility index (Phi) is 4.55. The molecule has 2 aromatic heterocycles. The van der Waals surface area contributed by atoms with Crippen molar-refractivity contribution in [2.45, 2.75) is 13.3 Å². The first-order valence-electron chi connectivity index (χ1n) is 6.11. The van der Waals surface area contributed by atoms with E-state index in [4.69, 9.17) is 6.42 Å². The molecule has 20 heavy (non-hydrogen) atoms. The fraction of sp³-hybridized carbons (Fsp3) is 0.111. The summed E-state index contributed by atoms with van der Waals surface area (Å²) in [5.74, 6) is 14.4. The fourth-order valence-electron chi connectivity index (χ4n) is 1.59. The molecule has 0 N–H and O–H groups in total. The van der Waals surface area contributed by atoms with Gasteiger partial charge in [-0.1, -0.05) is 23.7 Å². The zero-order valence-electron chi connectivity index (χ0n) is 11.1. The molecule has 0 aliphatic rings. The number of hydrogen-bond acceptors (Lipinski definition) is 2. The summed E-state index contributed by atoms with van der Waals surface area (Å²) in [6.45, 7) is 1.80.